The highest BCUT2D eigenvalue weighted by Crippen LogP contribution is 2.30. The number of nitrogens with two attached hydrogens (primary N) is 1. The van der Waals surface area contributed by atoms with E-state index in [1.807, 2.05) is 30.6 Å². The van der Waals surface area contributed by atoms with Crippen molar-refractivity contribution in [1.29, 1.82) is 0 Å². The SMILES string of the molecule is Cc1ncsc1CN(C)c1nc2ccc(N)cc2s1. The third-order valence-corrected chi connectivity index (χ3v) is 5.01. The minimum Gasteiger partial charge on any atom is -0.399 e. The smallest absolute Gasteiger partial charge is 0.186 e. The molecule has 0 saturated carbocycles. The third-order valence-electron chi connectivity index (χ3n) is 2.95. The highest BCUT2D eigenvalue weighted by Gasteiger charge is 2.11. The highest BCUT2D eigenvalue weighted by molar-refractivity contribution is 7.22. The van der Waals surface area contributed by atoms with Gasteiger partial charge in [-0.25, -0.2) is 9.97 Å². The fraction of sp³-hybridized carbons (Fsp3) is 0.231. The topological polar surface area (TPSA) is 55.0 Å². The number of fused-ring (bicyclic) bond motifs is 1. The largest absolute Gasteiger partial charge is 0.399 e. The van der Waals surface area contributed by atoms with E-state index in [4.69, 9.17) is 5.73 Å². The summed E-state index contributed by atoms with van der Waals surface area (Å²) in [5, 5.41) is 1.01. The van der Waals surface area contributed by atoms with Crippen molar-refractivity contribution < 1.29 is 0 Å². The molecule has 1 aromatic carbocycles. The van der Waals surface area contributed by atoms with Gasteiger partial charge in [0.15, 0.2) is 5.13 Å². The molecular weight excluding hydrogens is 276 g/mol. The number of aromatic nitrogens is 2. The molecule has 0 unspecified atom stereocenters. The summed E-state index contributed by atoms with van der Waals surface area (Å²) in [6.07, 6.45) is 0. The molecule has 6 heteroatoms. The molecule has 0 aliphatic rings. The van der Waals surface area contributed by atoms with Gasteiger partial charge in [0.25, 0.3) is 0 Å². The lowest BCUT2D eigenvalue weighted by Gasteiger charge is -2.14. The number of hydrogen-bond acceptors (Lipinski definition) is 6. The predicted octanol–water partition coefficient (Wildman–Crippen LogP) is 3.28. The minimum absolute atomic E-state index is 0.781. The average Bonchev–Trinajstić information content (AvgIpc) is 2.96. The van der Waals surface area contributed by atoms with E-state index in [0.717, 1.165) is 33.3 Å². The van der Waals surface area contributed by atoms with Crippen LogP contribution in [0.1, 0.15) is 10.6 Å². The number of hydrogen-bond donors (Lipinski definition) is 1. The number of benzene rings is 1. The molecule has 0 aliphatic heterocycles. The van der Waals surface area contributed by atoms with Crippen molar-refractivity contribution >= 4 is 43.7 Å². The van der Waals surface area contributed by atoms with Gasteiger partial charge < -0.3 is 10.6 Å². The lowest BCUT2D eigenvalue weighted by molar-refractivity contribution is 0.920. The average molecular weight is 290 g/mol. The maximum absolute atomic E-state index is 5.80. The molecule has 0 bridgehead atoms. The van der Waals surface area contributed by atoms with Gasteiger partial charge in [0.2, 0.25) is 0 Å². The Morgan fingerprint density at radius 2 is 2.21 bits per heavy atom. The molecule has 0 fully saturated rings. The summed E-state index contributed by atoms with van der Waals surface area (Å²) in [4.78, 5) is 12.3. The van der Waals surface area contributed by atoms with Gasteiger partial charge in [-0.15, -0.1) is 11.3 Å². The Kier molecular flexibility index (Phi) is 3.12. The zero-order valence-corrected chi connectivity index (χ0v) is 12.4. The van der Waals surface area contributed by atoms with Gasteiger partial charge in [-0.05, 0) is 25.1 Å². The second-order valence-corrected chi connectivity index (χ2v) is 6.39. The fourth-order valence-electron chi connectivity index (χ4n) is 1.85. The summed E-state index contributed by atoms with van der Waals surface area (Å²) in [5.41, 5.74) is 10.6. The van der Waals surface area contributed by atoms with Crippen molar-refractivity contribution in [3.8, 4) is 0 Å². The number of anilines is 2. The molecule has 0 amide bonds. The van der Waals surface area contributed by atoms with E-state index in [1.54, 1.807) is 22.7 Å². The van der Waals surface area contributed by atoms with Crippen molar-refractivity contribution in [2.45, 2.75) is 13.5 Å². The molecule has 98 valence electrons. The van der Waals surface area contributed by atoms with Crippen LogP contribution in [0.4, 0.5) is 10.8 Å². The number of aryl methyl sites for hydroxylation is 1. The quantitative estimate of drug-likeness (QED) is 0.752. The summed E-state index contributed by atoms with van der Waals surface area (Å²) < 4.78 is 1.13. The normalized spacial score (nSPS) is 11.1. The van der Waals surface area contributed by atoms with Gasteiger partial charge in [0, 0.05) is 17.6 Å². The molecule has 19 heavy (non-hydrogen) atoms. The Morgan fingerprint density at radius 1 is 1.37 bits per heavy atom. The molecule has 4 nitrogen and oxygen atoms in total. The maximum atomic E-state index is 5.80. The second-order valence-electron chi connectivity index (χ2n) is 4.44. The highest BCUT2D eigenvalue weighted by atomic mass is 32.1. The van der Waals surface area contributed by atoms with Gasteiger partial charge in [0.05, 0.1) is 28.0 Å². The van der Waals surface area contributed by atoms with Gasteiger partial charge in [-0.1, -0.05) is 11.3 Å². The molecule has 3 aromatic rings. The summed E-state index contributed by atoms with van der Waals surface area (Å²) in [7, 11) is 2.06. The summed E-state index contributed by atoms with van der Waals surface area (Å²) >= 11 is 3.35. The van der Waals surface area contributed by atoms with E-state index < -0.39 is 0 Å². The molecule has 0 atom stereocenters. The molecule has 0 spiro atoms. The van der Waals surface area contributed by atoms with Gasteiger partial charge >= 0.3 is 0 Å². The first-order valence-electron chi connectivity index (χ1n) is 5.89. The summed E-state index contributed by atoms with van der Waals surface area (Å²) in [6.45, 7) is 2.88. The Morgan fingerprint density at radius 3 is 2.95 bits per heavy atom. The van der Waals surface area contributed by atoms with Gasteiger partial charge in [-0.3, -0.25) is 0 Å². The zero-order chi connectivity index (χ0) is 13.4. The zero-order valence-electron chi connectivity index (χ0n) is 10.8. The first kappa shape index (κ1) is 12.4. The first-order chi connectivity index (χ1) is 9.13. The standard InChI is InChI=1S/C13H14N4S2/c1-8-12(18-7-15-8)6-17(2)13-16-10-4-3-9(14)5-11(10)19-13/h3-5,7H,6,14H2,1-2H3. The van der Waals surface area contributed by atoms with E-state index in [1.165, 1.54) is 4.88 Å². The summed E-state index contributed by atoms with van der Waals surface area (Å²) in [5.74, 6) is 0. The molecule has 3 rings (SSSR count). The second kappa shape index (κ2) is 4.79. The lowest BCUT2D eigenvalue weighted by Crippen LogP contribution is -2.15. The molecular formula is C13H14N4S2. The van der Waals surface area contributed by atoms with Crippen molar-refractivity contribution in [2.75, 3.05) is 17.7 Å². The third kappa shape index (κ3) is 2.41. The fourth-order valence-corrected chi connectivity index (χ4v) is 3.66. The lowest BCUT2D eigenvalue weighted by atomic mass is 10.3. The number of rotatable bonds is 3. The number of thiazole rings is 2. The Bertz CT molecular complexity index is 716. The van der Waals surface area contributed by atoms with E-state index in [2.05, 4.69) is 21.9 Å². The van der Waals surface area contributed by atoms with Crippen molar-refractivity contribution in [2.24, 2.45) is 0 Å². The van der Waals surface area contributed by atoms with Crippen LogP contribution in [0.2, 0.25) is 0 Å². The molecule has 2 aromatic heterocycles. The monoisotopic (exact) mass is 290 g/mol. The van der Waals surface area contributed by atoms with Crippen LogP contribution in [0, 0.1) is 6.92 Å². The Labute approximate surface area is 119 Å². The van der Waals surface area contributed by atoms with E-state index in [0.29, 0.717) is 0 Å². The summed E-state index contributed by atoms with van der Waals surface area (Å²) in [6, 6.07) is 5.83. The van der Waals surface area contributed by atoms with Crippen molar-refractivity contribution in [3.05, 3.63) is 34.3 Å². The van der Waals surface area contributed by atoms with Crippen LogP contribution in [0.5, 0.6) is 0 Å². The van der Waals surface area contributed by atoms with Crippen LogP contribution < -0.4 is 10.6 Å². The first-order valence-corrected chi connectivity index (χ1v) is 7.59. The molecule has 2 N–H and O–H groups in total. The Hall–Kier alpha value is -1.66. The minimum atomic E-state index is 0.781. The van der Waals surface area contributed by atoms with E-state index in [-0.39, 0.29) is 0 Å². The number of nitrogen functional groups attached to an aromatic ring is 1. The van der Waals surface area contributed by atoms with Crippen LogP contribution >= 0.6 is 22.7 Å². The van der Waals surface area contributed by atoms with E-state index in [9.17, 15) is 0 Å². The van der Waals surface area contributed by atoms with Crippen LogP contribution in [-0.4, -0.2) is 17.0 Å². The van der Waals surface area contributed by atoms with Gasteiger partial charge in [0.1, 0.15) is 0 Å². The van der Waals surface area contributed by atoms with E-state index >= 15 is 0 Å². The maximum Gasteiger partial charge on any atom is 0.186 e. The van der Waals surface area contributed by atoms with Gasteiger partial charge in [-0.2, -0.15) is 0 Å². The number of nitrogens with zero attached hydrogens (tertiary/aromatic N) is 3. The van der Waals surface area contributed by atoms with Crippen LogP contribution in [0.25, 0.3) is 10.2 Å². The molecule has 0 aliphatic carbocycles. The molecule has 0 saturated heterocycles. The van der Waals surface area contributed by atoms with Crippen molar-refractivity contribution in [3.63, 3.8) is 0 Å². The van der Waals surface area contributed by atoms with Crippen LogP contribution in [0.15, 0.2) is 23.7 Å². The predicted molar refractivity (Wildman–Crippen MR) is 83.0 cm³/mol. The van der Waals surface area contributed by atoms with Crippen LogP contribution in [0.3, 0.4) is 0 Å². The van der Waals surface area contributed by atoms with Crippen LogP contribution in [-0.2, 0) is 6.54 Å². The van der Waals surface area contributed by atoms with Crippen molar-refractivity contribution in [1.82, 2.24) is 9.97 Å². The molecule has 0 radical (unpaired) electrons. The molecule has 2 heterocycles. The Balaban J connectivity index is 1.89.